The first-order valence-corrected chi connectivity index (χ1v) is 12.4. The van der Waals surface area contributed by atoms with Gasteiger partial charge >= 0.3 is 0 Å². The molecule has 2 fully saturated rings. The van der Waals surface area contributed by atoms with Crippen molar-refractivity contribution in [2.75, 3.05) is 29.7 Å². The normalized spacial score (nSPS) is 24.6. The van der Waals surface area contributed by atoms with Crippen LogP contribution in [0.15, 0.2) is 23.2 Å². The van der Waals surface area contributed by atoms with Crippen LogP contribution < -0.4 is 10.0 Å². The van der Waals surface area contributed by atoms with Gasteiger partial charge in [0.1, 0.15) is 15.0 Å². The van der Waals surface area contributed by atoms with Crippen LogP contribution in [-0.2, 0) is 10.0 Å². The molecule has 0 bridgehead atoms. The first-order valence-electron chi connectivity index (χ1n) is 9.31. The van der Waals surface area contributed by atoms with E-state index < -0.39 is 20.7 Å². The summed E-state index contributed by atoms with van der Waals surface area (Å²) in [6.45, 7) is 5.05. The standard InChI is InChI=1S/C18H21Cl2FN4O2S2/c1-11-7-18(3-2-4-25(18)9-11)10-23-14-6-13(21)15(5-12(14)19)29(26,27)24-17-22-8-16(20)28-17/h5-6,8,11,23H,2-4,7,9-10H2,1H3,(H,22,24). The van der Waals surface area contributed by atoms with E-state index in [4.69, 9.17) is 23.2 Å². The molecule has 0 saturated carbocycles. The summed E-state index contributed by atoms with van der Waals surface area (Å²) in [6.07, 6.45) is 4.65. The van der Waals surface area contributed by atoms with E-state index in [-0.39, 0.29) is 15.7 Å². The van der Waals surface area contributed by atoms with Gasteiger partial charge in [0, 0.05) is 18.6 Å². The van der Waals surface area contributed by atoms with E-state index in [0.717, 1.165) is 55.8 Å². The first kappa shape index (κ1) is 21.1. The molecule has 0 amide bonds. The van der Waals surface area contributed by atoms with Gasteiger partial charge in [-0.1, -0.05) is 41.5 Å². The van der Waals surface area contributed by atoms with E-state index in [9.17, 15) is 12.8 Å². The number of rotatable bonds is 6. The van der Waals surface area contributed by atoms with Crippen LogP contribution in [0, 0.1) is 11.7 Å². The number of hydrogen-bond donors (Lipinski definition) is 2. The van der Waals surface area contributed by atoms with Crippen LogP contribution in [0.4, 0.5) is 15.2 Å². The number of aromatic nitrogens is 1. The van der Waals surface area contributed by atoms with Gasteiger partial charge in [0.2, 0.25) is 0 Å². The Labute approximate surface area is 183 Å². The third kappa shape index (κ3) is 4.20. The van der Waals surface area contributed by atoms with E-state index >= 15 is 0 Å². The molecule has 158 valence electrons. The third-order valence-electron chi connectivity index (χ3n) is 5.62. The average Bonchev–Trinajstić information content (AvgIpc) is 3.28. The lowest BCUT2D eigenvalue weighted by atomic mass is 9.90. The van der Waals surface area contributed by atoms with Crippen molar-refractivity contribution < 1.29 is 12.8 Å². The second-order valence-corrected chi connectivity index (χ2v) is 11.5. The fourth-order valence-electron chi connectivity index (χ4n) is 4.47. The molecule has 29 heavy (non-hydrogen) atoms. The molecule has 1 aromatic carbocycles. The molecule has 3 heterocycles. The predicted molar refractivity (Wildman–Crippen MR) is 115 cm³/mol. The molecule has 0 radical (unpaired) electrons. The van der Waals surface area contributed by atoms with Gasteiger partial charge in [-0.2, -0.15) is 0 Å². The number of fused-ring (bicyclic) bond motifs is 1. The van der Waals surface area contributed by atoms with Crippen molar-refractivity contribution in [3.8, 4) is 0 Å². The van der Waals surface area contributed by atoms with Crippen LogP contribution in [0.25, 0.3) is 0 Å². The zero-order chi connectivity index (χ0) is 20.8. The molecule has 0 aliphatic carbocycles. The van der Waals surface area contributed by atoms with Gasteiger partial charge in [-0.3, -0.25) is 9.62 Å². The van der Waals surface area contributed by atoms with Gasteiger partial charge in [0.15, 0.2) is 5.13 Å². The predicted octanol–water partition coefficient (Wildman–Crippen LogP) is 4.68. The lowest BCUT2D eigenvalue weighted by Gasteiger charge is -2.32. The summed E-state index contributed by atoms with van der Waals surface area (Å²) >= 11 is 13.0. The van der Waals surface area contributed by atoms with E-state index in [2.05, 4.69) is 26.8 Å². The molecule has 2 saturated heterocycles. The number of hydrogen-bond acceptors (Lipinski definition) is 6. The van der Waals surface area contributed by atoms with Gasteiger partial charge < -0.3 is 5.32 Å². The maximum Gasteiger partial charge on any atom is 0.266 e. The lowest BCUT2D eigenvalue weighted by molar-refractivity contribution is 0.209. The number of thiazole rings is 1. The van der Waals surface area contributed by atoms with Crippen molar-refractivity contribution in [3.05, 3.63) is 33.5 Å². The Hall–Kier alpha value is -1.13. The Morgan fingerprint density at radius 1 is 1.41 bits per heavy atom. The summed E-state index contributed by atoms with van der Waals surface area (Å²) in [6, 6.07) is 2.26. The van der Waals surface area contributed by atoms with E-state index in [1.165, 1.54) is 6.20 Å². The molecule has 2 aliphatic rings. The van der Waals surface area contributed by atoms with Crippen molar-refractivity contribution in [1.29, 1.82) is 0 Å². The van der Waals surface area contributed by atoms with Crippen molar-refractivity contribution >= 4 is 55.4 Å². The van der Waals surface area contributed by atoms with Crippen LogP contribution in [-0.4, -0.2) is 43.5 Å². The minimum atomic E-state index is -4.18. The fraction of sp³-hybridized carbons (Fsp3) is 0.500. The number of nitrogens with one attached hydrogen (secondary N) is 2. The van der Waals surface area contributed by atoms with Crippen LogP contribution in [0.1, 0.15) is 26.2 Å². The second-order valence-electron chi connectivity index (χ2n) is 7.77. The summed E-state index contributed by atoms with van der Waals surface area (Å²) in [5.41, 5.74) is 0.455. The Balaban J connectivity index is 1.53. The summed E-state index contributed by atoms with van der Waals surface area (Å²) in [5, 5.41) is 3.46. The van der Waals surface area contributed by atoms with Gasteiger partial charge in [-0.05, 0) is 43.9 Å². The zero-order valence-electron chi connectivity index (χ0n) is 15.7. The van der Waals surface area contributed by atoms with Gasteiger partial charge in [-0.25, -0.2) is 17.8 Å². The van der Waals surface area contributed by atoms with E-state index in [1.54, 1.807) is 0 Å². The van der Waals surface area contributed by atoms with Gasteiger partial charge in [0.25, 0.3) is 10.0 Å². The molecule has 2 N–H and O–H groups in total. The molecule has 6 nitrogen and oxygen atoms in total. The smallest absolute Gasteiger partial charge is 0.266 e. The summed E-state index contributed by atoms with van der Waals surface area (Å²) in [7, 11) is -4.18. The lowest BCUT2D eigenvalue weighted by Crippen LogP contribution is -2.44. The van der Waals surface area contributed by atoms with Crippen molar-refractivity contribution in [2.45, 2.75) is 36.6 Å². The molecule has 0 spiro atoms. The van der Waals surface area contributed by atoms with Gasteiger partial charge in [0.05, 0.1) is 16.9 Å². The number of sulfonamides is 1. The number of anilines is 2. The molecule has 11 heteroatoms. The van der Waals surface area contributed by atoms with E-state index in [0.29, 0.717) is 22.5 Å². The Morgan fingerprint density at radius 3 is 2.93 bits per heavy atom. The Kier molecular flexibility index (Phi) is 5.71. The van der Waals surface area contributed by atoms with Crippen LogP contribution in [0.2, 0.25) is 9.36 Å². The highest BCUT2D eigenvalue weighted by atomic mass is 35.5. The molecule has 2 aromatic rings. The summed E-state index contributed by atoms with van der Waals surface area (Å²) in [5.74, 6) is -0.255. The largest absolute Gasteiger partial charge is 0.382 e. The molecule has 2 aliphatic heterocycles. The van der Waals surface area contributed by atoms with Crippen molar-refractivity contribution in [3.63, 3.8) is 0 Å². The quantitative estimate of drug-likeness (QED) is 0.630. The SMILES string of the molecule is CC1CN2CCCC2(CNc2cc(F)c(S(=O)(=O)Nc3ncc(Cl)s3)cc2Cl)C1. The minimum Gasteiger partial charge on any atom is -0.382 e. The van der Waals surface area contributed by atoms with Crippen molar-refractivity contribution in [2.24, 2.45) is 5.92 Å². The molecule has 4 rings (SSSR count). The minimum absolute atomic E-state index is 0.0588. The Bertz CT molecular complexity index is 1030. The summed E-state index contributed by atoms with van der Waals surface area (Å²) < 4.78 is 42.3. The highest BCUT2D eigenvalue weighted by molar-refractivity contribution is 7.93. The van der Waals surface area contributed by atoms with Crippen LogP contribution >= 0.6 is 34.5 Å². The molecule has 1 aromatic heterocycles. The third-order valence-corrected chi connectivity index (χ3v) is 8.45. The number of nitrogens with zero attached hydrogens (tertiary/aromatic N) is 2. The van der Waals surface area contributed by atoms with Crippen LogP contribution in [0.5, 0.6) is 0 Å². The molecule has 2 atom stereocenters. The Morgan fingerprint density at radius 2 is 2.21 bits per heavy atom. The maximum absolute atomic E-state index is 14.7. The number of halogens is 3. The fourth-order valence-corrected chi connectivity index (χ4v) is 6.91. The molecular formula is C18H21Cl2FN4O2S2. The highest BCUT2D eigenvalue weighted by Gasteiger charge is 2.46. The molecule has 2 unspecified atom stereocenters. The van der Waals surface area contributed by atoms with Gasteiger partial charge in [-0.15, -0.1) is 0 Å². The average molecular weight is 479 g/mol. The summed E-state index contributed by atoms with van der Waals surface area (Å²) in [4.78, 5) is 5.79. The molecular weight excluding hydrogens is 458 g/mol. The second kappa shape index (κ2) is 7.85. The highest BCUT2D eigenvalue weighted by Crippen LogP contribution is 2.42. The number of benzene rings is 1. The van der Waals surface area contributed by atoms with Crippen molar-refractivity contribution in [1.82, 2.24) is 9.88 Å². The van der Waals surface area contributed by atoms with Crippen LogP contribution in [0.3, 0.4) is 0 Å². The zero-order valence-corrected chi connectivity index (χ0v) is 18.9. The topological polar surface area (TPSA) is 74.3 Å². The maximum atomic E-state index is 14.7. The monoisotopic (exact) mass is 478 g/mol. The first-order chi connectivity index (χ1) is 13.7. The van der Waals surface area contributed by atoms with E-state index in [1.807, 2.05) is 0 Å².